The van der Waals surface area contributed by atoms with Crippen LogP contribution in [0.3, 0.4) is 0 Å². The molecule has 0 aliphatic carbocycles. The summed E-state index contributed by atoms with van der Waals surface area (Å²) in [6, 6.07) is 0. The van der Waals surface area contributed by atoms with Crippen LogP contribution in [0.5, 0.6) is 5.88 Å². The van der Waals surface area contributed by atoms with Crippen LogP contribution in [0.2, 0.25) is 0 Å². The molecule has 0 unspecified atom stereocenters. The summed E-state index contributed by atoms with van der Waals surface area (Å²) in [6.07, 6.45) is 6.49. The second-order valence-corrected chi connectivity index (χ2v) is 4.74. The molecule has 0 amide bonds. The lowest BCUT2D eigenvalue weighted by Gasteiger charge is -2.22. The van der Waals surface area contributed by atoms with Crippen LogP contribution in [0.1, 0.15) is 26.2 Å². The van der Waals surface area contributed by atoms with E-state index in [4.69, 9.17) is 4.74 Å². The van der Waals surface area contributed by atoms with Gasteiger partial charge in [-0.1, -0.05) is 6.92 Å². The summed E-state index contributed by atoms with van der Waals surface area (Å²) in [4.78, 5) is 16.0. The second kappa shape index (κ2) is 6.54. The van der Waals surface area contributed by atoms with Gasteiger partial charge in [0.25, 0.3) is 5.88 Å². The van der Waals surface area contributed by atoms with Gasteiger partial charge in [0.2, 0.25) is 0 Å². The fourth-order valence-electron chi connectivity index (χ4n) is 2.19. The third kappa shape index (κ3) is 3.32. The first-order valence-corrected chi connectivity index (χ1v) is 6.70. The Kier molecular flexibility index (Phi) is 4.75. The van der Waals surface area contributed by atoms with Crippen molar-refractivity contribution >= 4 is 0 Å². The van der Waals surface area contributed by atoms with Gasteiger partial charge in [-0.2, -0.15) is 0 Å². The molecule has 2 rings (SSSR count). The first-order valence-electron chi connectivity index (χ1n) is 6.70. The van der Waals surface area contributed by atoms with E-state index in [0.29, 0.717) is 19.1 Å². The van der Waals surface area contributed by atoms with Crippen molar-refractivity contribution in [1.82, 2.24) is 14.9 Å². The predicted molar refractivity (Wildman–Crippen MR) is 69.9 cm³/mol. The van der Waals surface area contributed by atoms with Crippen molar-refractivity contribution in [1.29, 1.82) is 0 Å². The van der Waals surface area contributed by atoms with Crippen LogP contribution in [0.15, 0.2) is 17.2 Å². The third-order valence-corrected chi connectivity index (χ3v) is 3.26. The molecule has 1 aliphatic heterocycles. The summed E-state index contributed by atoms with van der Waals surface area (Å²) in [5, 5.41) is 3.31. The number of aromatic nitrogens is 2. The number of aryl methyl sites for hydroxylation is 1. The Morgan fingerprint density at radius 1 is 1.50 bits per heavy atom. The van der Waals surface area contributed by atoms with Crippen molar-refractivity contribution < 1.29 is 4.74 Å². The van der Waals surface area contributed by atoms with Gasteiger partial charge in [0.05, 0.1) is 6.61 Å². The lowest BCUT2D eigenvalue weighted by Crippen LogP contribution is -2.31. The molecule has 0 radical (unpaired) electrons. The van der Waals surface area contributed by atoms with E-state index in [1.165, 1.54) is 0 Å². The standard InChI is InChI=1S/C13H21N3O2/c1-2-8-16-9-7-15-12(13(16)17)18-10-11-3-5-14-6-4-11/h7,9,11,14H,2-6,8,10H2,1H3. The normalized spacial score (nSPS) is 16.7. The number of ether oxygens (including phenoxy) is 1. The van der Waals surface area contributed by atoms with Crippen LogP contribution in [0.25, 0.3) is 0 Å². The van der Waals surface area contributed by atoms with E-state index in [1.807, 2.05) is 6.92 Å². The highest BCUT2D eigenvalue weighted by atomic mass is 16.5. The first kappa shape index (κ1) is 13.1. The zero-order chi connectivity index (χ0) is 12.8. The van der Waals surface area contributed by atoms with E-state index in [1.54, 1.807) is 17.0 Å². The molecule has 0 aromatic carbocycles. The van der Waals surface area contributed by atoms with Crippen molar-refractivity contribution in [3.63, 3.8) is 0 Å². The van der Waals surface area contributed by atoms with Gasteiger partial charge in [-0.05, 0) is 38.3 Å². The molecule has 0 bridgehead atoms. The van der Waals surface area contributed by atoms with Crippen LogP contribution in [-0.4, -0.2) is 29.2 Å². The maximum absolute atomic E-state index is 12.0. The lowest BCUT2D eigenvalue weighted by atomic mass is 9.99. The molecule has 1 fully saturated rings. The van der Waals surface area contributed by atoms with Crippen LogP contribution in [-0.2, 0) is 6.54 Å². The molecule has 100 valence electrons. The molecule has 0 saturated carbocycles. The SMILES string of the molecule is CCCn1ccnc(OCC2CCNCC2)c1=O. The van der Waals surface area contributed by atoms with E-state index in [9.17, 15) is 4.79 Å². The van der Waals surface area contributed by atoms with Crippen LogP contribution in [0, 0.1) is 5.92 Å². The molecule has 5 heteroatoms. The van der Waals surface area contributed by atoms with Crippen molar-refractivity contribution in [2.75, 3.05) is 19.7 Å². The van der Waals surface area contributed by atoms with Crippen molar-refractivity contribution in [3.8, 4) is 5.88 Å². The van der Waals surface area contributed by atoms with Gasteiger partial charge in [0, 0.05) is 18.9 Å². The smallest absolute Gasteiger partial charge is 0.313 e. The molecule has 1 saturated heterocycles. The summed E-state index contributed by atoms with van der Waals surface area (Å²) >= 11 is 0. The Morgan fingerprint density at radius 3 is 3.00 bits per heavy atom. The monoisotopic (exact) mass is 251 g/mol. The number of nitrogens with zero attached hydrogens (tertiary/aromatic N) is 2. The predicted octanol–water partition coefficient (Wildman–Crippen LogP) is 1.03. The fraction of sp³-hybridized carbons (Fsp3) is 0.692. The minimum absolute atomic E-state index is 0.117. The average Bonchev–Trinajstić information content (AvgIpc) is 2.41. The largest absolute Gasteiger partial charge is 0.473 e. The Hall–Kier alpha value is -1.36. The van der Waals surface area contributed by atoms with Gasteiger partial charge < -0.3 is 14.6 Å². The Balaban J connectivity index is 1.96. The molecule has 2 heterocycles. The highest BCUT2D eigenvalue weighted by Crippen LogP contribution is 2.12. The minimum atomic E-state index is -0.117. The number of rotatable bonds is 5. The molecule has 1 aliphatic rings. The van der Waals surface area contributed by atoms with Crippen molar-refractivity contribution in [2.24, 2.45) is 5.92 Å². The van der Waals surface area contributed by atoms with Gasteiger partial charge >= 0.3 is 5.56 Å². The molecule has 1 aromatic heterocycles. The van der Waals surface area contributed by atoms with Crippen LogP contribution in [0.4, 0.5) is 0 Å². The van der Waals surface area contributed by atoms with Gasteiger partial charge in [-0.3, -0.25) is 4.79 Å². The highest BCUT2D eigenvalue weighted by molar-refractivity contribution is 5.04. The van der Waals surface area contributed by atoms with Gasteiger partial charge in [-0.25, -0.2) is 4.98 Å². The van der Waals surface area contributed by atoms with Crippen LogP contribution < -0.4 is 15.6 Å². The number of piperidine rings is 1. The summed E-state index contributed by atoms with van der Waals surface area (Å²) in [5.74, 6) is 0.775. The number of hydrogen-bond donors (Lipinski definition) is 1. The number of hydrogen-bond acceptors (Lipinski definition) is 4. The Morgan fingerprint density at radius 2 is 2.28 bits per heavy atom. The maximum atomic E-state index is 12.0. The van der Waals surface area contributed by atoms with Crippen molar-refractivity contribution in [2.45, 2.75) is 32.7 Å². The topological polar surface area (TPSA) is 56.1 Å². The number of nitrogens with one attached hydrogen (secondary N) is 1. The summed E-state index contributed by atoms with van der Waals surface area (Å²) in [7, 11) is 0. The second-order valence-electron chi connectivity index (χ2n) is 4.74. The molecular weight excluding hydrogens is 230 g/mol. The Labute approximate surface area is 107 Å². The molecule has 0 atom stereocenters. The van der Waals surface area contributed by atoms with Crippen LogP contribution >= 0.6 is 0 Å². The molecule has 0 spiro atoms. The van der Waals surface area contributed by atoms with E-state index in [0.717, 1.165) is 32.4 Å². The molecule has 1 N–H and O–H groups in total. The zero-order valence-corrected chi connectivity index (χ0v) is 10.9. The maximum Gasteiger partial charge on any atom is 0.313 e. The quantitative estimate of drug-likeness (QED) is 0.849. The molecular formula is C13H21N3O2. The van der Waals surface area contributed by atoms with E-state index in [2.05, 4.69) is 10.3 Å². The zero-order valence-electron chi connectivity index (χ0n) is 10.9. The summed E-state index contributed by atoms with van der Waals surface area (Å²) in [5.41, 5.74) is -0.117. The molecule has 5 nitrogen and oxygen atoms in total. The van der Waals surface area contributed by atoms with Gasteiger partial charge in [0.1, 0.15) is 0 Å². The summed E-state index contributed by atoms with van der Waals surface area (Å²) < 4.78 is 7.25. The molecule has 1 aromatic rings. The first-order chi connectivity index (χ1) is 8.81. The minimum Gasteiger partial charge on any atom is -0.473 e. The van der Waals surface area contributed by atoms with E-state index >= 15 is 0 Å². The van der Waals surface area contributed by atoms with Crippen molar-refractivity contribution in [3.05, 3.63) is 22.7 Å². The van der Waals surface area contributed by atoms with E-state index < -0.39 is 0 Å². The average molecular weight is 251 g/mol. The molecule has 18 heavy (non-hydrogen) atoms. The van der Waals surface area contributed by atoms with E-state index in [-0.39, 0.29) is 11.4 Å². The van der Waals surface area contributed by atoms with Gasteiger partial charge in [0.15, 0.2) is 0 Å². The Bertz CT molecular complexity index is 424. The summed E-state index contributed by atoms with van der Waals surface area (Å²) in [6.45, 7) is 5.43. The highest BCUT2D eigenvalue weighted by Gasteiger charge is 2.15. The van der Waals surface area contributed by atoms with Gasteiger partial charge in [-0.15, -0.1) is 0 Å². The lowest BCUT2D eigenvalue weighted by molar-refractivity contribution is 0.205. The third-order valence-electron chi connectivity index (χ3n) is 3.26. The fourth-order valence-corrected chi connectivity index (χ4v) is 2.19.